The van der Waals surface area contributed by atoms with E-state index < -0.39 is 0 Å². The first-order valence-electron chi connectivity index (χ1n) is 6.85. The highest BCUT2D eigenvalue weighted by Gasteiger charge is 2.10. The largest absolute Gasteiger partial charge is 0.352 e. The van der Waals surface area contributed by atoms with Gasteiger partial charge in [-0.05, 0) is 16.7 Å². The molecule has 7 heteroatoms. The molecule has 1 amide bonds. The van der Waals surface area contributed by atoms with E-state index in [-0.39, 0.29) is 30.7 Å². The van der Waals surface area contributed by atoms with Crippen LogP contribution in [0.1, 0.15) is 23.1 Å². The van der Waals surface area contributed by atoms with Crippen molar-refractivity contribution >= 4 is 30.7 Å². The molecular formula is C15H20Cl2N4O. The minimum absolute atomic E-state index is 0. The zero-order chi connectivity index (χ0) is 13.8. The van der Waals surface area contributed by atoms with Crippen LogP contribution in [-0.2, 0) is 31.0 Å². The van der Waals surface area contributed by atoms with E-state index in [4.69, 9.17) is 0 Å². The van der Waals surface area contributed by atoms with Crippen LogP contribution < -0.4 is 10.6 Å². The average molecular weight is 343 g/mol. The van der Waals surface area contributed by atoms with Gasteiger partial charge < -0.3 is 15.2 Å². The molecule has 22 heavy (non-hydrogen) atoms. The first-order valence-corrected chi connectivity index (χ1v) is 6.85. The molecule has 1 aliphatic rings. The topological polar surface area (TPSA) is 59.0 Å². The summed E-state index contributed by atoms with van der Waals surface area (Å²) in [6, 6.07) is 6.40. The van der Waals surface area contributed by atoms with Crippen LogP contribution in [-0.4, -0.2) is 15.5 Å². The van der Waals surface area contributed by atoms with Gasteiger partial charge in [0, 0.05) is 45.0 Å². The molecule has 0 unspecified atom stereocenters. The summed E-state index contributed by atoms with van der Waals surface area (Å²) in [5.74, 6) is 0.0670. The second-order valence-electron chi connectivity index (χ2n) is 5.03. The van der Waals surface area contributed by atoms with Crippen molar-refractivity contribution < 1.29 is 4.79 Å². The summed E-state index contributed by atoms with van der Waals surface area (Å²) in [5.41, 5.74) is 3.86. The van der Waals surface area contributed by atoms with Gasteiger partial charge in [-0.3, -0.25) is 4.79 Å². The fourth-order valence-corrected chi connectivity index (χ4v) is 2.40. The summed E-state index contributed by atoms with van der Waals surface area (Å²) in [6.45, 7) is 3.14. The molecule has 1 aliphatic heterocycles. The summed E-state index contributed by atoms with van der Waals surface area (Å²) in [4.78, 5) is 15.7. The van der Waals surface area contributed by atoms with Crippen molar-refractivity contribution in [2.45, 2.75) is 32.6 Å². The maximum atomic E-state index is 11.8. The Kier molecular flexibility index (Phi) is 7.38. The van der Waals surface area contributed by atoms with Crippen LogP contribution in [0.2, 0.25) is 0 Å². The summed E-state index contributed by atoms with van der Waals surface area (Å²) in [6.07, 6.45) is 5.78. The van der Waals surface area contributed by atoms with Crippen molar-refractivity contribution in [3.63, 3.8) is 0 Å². The highest BCUT2D eigenvalue weighted by molar-refractivity contribution is 5.85. The molecule has 2 aromatic rings. The number of nitrogens with zero attached hydrogens (tertiary/aromatic N) is 2. The van der Waals surface area contributed by atoms with Crippen molar-refractivity contribution in [1.82, 2.24) is 20.2 Å². The number of amides is 1. The molecule has 0 saturated carbocycles. The van der Waals surface area contributed by atoms with Gasteiger partial charge in [0.15, 0.2) is 0 Å². The smallest absolute Gasteiger partial charge is 0.222 e. The van der Waals surface area contributed by atoms with Crippen LogP contribution >= 0.6 is 24.8 Å². The van der Waals surface area contributed by atoms with Gasteiger partial charge >= 0.3 is 0 Å². The Morgan fingerprint density at radius 3 is 2.86 bits per heavy atom. The van der Waals surface area contributed by atoms with Gasteiger partial charge in [-0.2, -0.15) is 0 Å². The van der Waals surface area contributed by atoms with Gasteiger partial charge in [-0.1, -0.05) is 18.2 Å². The van der Waals surface area contributed by atoms with Gasteiger partial charge in [-0.25, -0.2) is 4.98 Å². The molecule has 0 atom stereocenters. The number of hydrogen-bond donors (Lipinski definition) is 2. The normalized spacial score (nSPS) is 12.0. The summed E-state index contributed by atoms with van der Waals surface area (Å²) in [7, 11) is 0. The highest BCUT2D eigenvalue weighted by atomic mass is 35.5. The minimum Gasteiger partial charge on any atom is -0.352 e. The zero-order valence-electron chi connectivity index (χ0n) is 12.1. The Morgan fingerprint density at radius 1 is 1.27 bits per heavy atom. The molecule has 0 radical (unpaired) electrons. The number of carbonyl (C=O) groups excluding carboxylic acids is 1. The van der Waals surface area contributed by atoms with Crippen LogP contribution in [0.5, 0.6) is 0 Å². The van der Waals surface area contributed by atoms with Gasteiger partial charge in [-0.15, -0.1) is 24.8 Å². The highest BCUT2D eigenvalue weighted by Crippen LogP contribution is 2.16. The van der Waals surface area contributed by atoms with Crippen molar-refractivity contribution in [1.29, 1.82) is 0 Å². The minimum atomic E-state index is 0. The second kappa shape index (κ2) is 8.78. The van der Waals surface area contributed by atoms with Crippen molar-refractivity contribution in [2.24, 2.45) is 0 Å². The summed E-state index contributed by atoms with van der Waals surface area (Å²) in [5, 5.41) is 6.28. The summed E-state index contributed by atoms with van der Waals surface area (Å²) < 4.78 is 1.90. The standard InChI is InChI=1S/C15H18N4O.2ClH/c20-15(3-5-19-6-4-16-11-19)18-8-12-1-2-13-9-17-10-14(13)7-12;;/h1-2,4,6-7,11,17H,3,5,8-10H2,(H,18,20);2*1H. The number of hydrogen-bond acceptors (Lipinski definition) is 3. The number of fused-ring (bicyclic) bond motifs is 1. The lowest BCUT2D eigenvalue weighted by Gasteiger charge is -2.07. The lowest BCUT2D eigenvalue weighted by Crippen LogP contribution is -2.23. The van der Waals surface area contributed by atoms with E-state index in [1.54, 1.807) is 12.5 Å². The monoisotopic (exact) mass is 342 g/mol. The molecule has 2 heterocycles. The Balaban J connectivity index is 0.00000121. The second-order valence-corrected chi connectivity index (χ2v) is 5.03. The van der Waals surface area contributed by atoms with Crippen LogP contribution in [0.3, 0.4) is 0 Å². The maximum Gasteiger partial charge on any atom is 0.222 e. The quantitative estimate of drug-likeness (QED) is 0.874. The molecule has 1 aromatic carbocycles. The van der Waals surface area contributed by atoms with E-state index >= 15 is 0 Å². The van der Waals surface area contributed by atoms with E-state index in [9.17, 15) is 4.79 Å². The van der Waals surface area contributed by atoms with E-state index in [1.165, 1.54) is 11.1 Å². The van der Waals surface area contributed by atoms with Crippen LogP contribution in [0.25, 0.3) is 0 Å². The van der Waals surface area contributed by atoms with Crippen LogP contribution in [0.4, 0.5) is 0 Å². The predicted octanol–water partition coefficient (Wildman–Crippen LogP) is 2.04. The van der Waals surface area contributed by atoms with Gasteiger partial charge in [0.05, 0.1) is 6.33 Å². The van der Waals surface area contributed by atoms with Crippen LogP contribution in [0.15, 0.2) is 36.9 Å². The molecule has 1 aromatic heterocycles. The third kappa shape index (κ3) is 4.73. The van der Waals surface area contributed by atoms with E-state index in [2.05, 4.69) is 33.8 Å². The Morgan fingerprint density at radius 2 is 2.09 bits per heavy atom. The molecule has 0 saturated heterocycles. The molecule has 0 fully saturated rings. The third-order valence-electron chi connectivity index (χ3n) is 3.55. The van der Waals surface area contributed by atoms with Gasteiger partial charge in [0.2, 0.25) is 5.91 Å². The molecule has 0 spiro atoms. The SMILES string of the molecule is Cl.Cl.O=C(CCn1ccnc1)NCc1ccc2c(c1)CNC2. The van der Waals surface area contributed by atoms with E-state index in [0.717, 1.165) is 18.7 Å². The number of imidazole rings is 1. The number of aryl methyl sites for hydroxylation is 1. The van der Waals surface area contributed by atoms with Crippen molar-refractivity contribution in [3.8, 4) is 0 Å². The fourth-order valence-electron chi connectivity index (χ4n) is 2.40. The lowest BCUT2D eigenvalue weighted by atomic mass is 10.1. The molecular weight excluding hydrogens is 323 g/mol. The predicted molar refractivity (Wildman–Crippen MR) is 90.2 cm³/mol. The lowest BCUT2D eigenvalue weighted by molar-refractivity contribution is -0.121. The Hall–Kier alpha value is -1.56. The molecule has 5 nitrogen and oxygen atoms in total. The Labute approximate surface area is 142 Å². The van der Waals surface area contributed by atoms with Crippen LogP contribution in [0, 0.1) is 0 Å². The maximum absolute atomic E-state index is 11.8. The first kappa shape index (κ1) is 18.5. The number of nitrogens with one attached hydrogen (secondary N) is 2. The molecule has 0 bridgehead atoms. The molecule has 0 aliphatic carbocycles. The number of rotatable bonds is 5. The fraction of sp³-hybridized carbons (Fsp3) is 0.333. The van der Waals surface area contributed by atoms with Gasteiger partial charge in [0.25, 0.3) is 0 Å². The zero-order valence-corrected chi connectivity index (χ0v) is 13.8. The third-order valence-corrected chi connectivity index (χ3v) is 3.55. The number of benzene rings is 1. The van der Waals surface area contributed by atoms with Gasteiger partial charge in [0.1, 0.15) is 0 Å². The van der Waals surface area contributed by atoms with Crippen molar-refractivity contribution in [3.05, 3.63) is 53.6 Å². The number of aromatic nitrogens is 2. The first-order chi connectivity index (χ1) is 9.81. The molecule has 120 valence electrons. The number of halogens is 2. The summed E-state index contributed by atoms with van der Waals surface area (Å²) >= 11 is 0. The molecule has 2 N–H and O–H groups in total. The molecule has 3 rings (SSSR count). The number of carbonyl (C=O) groups is 1. The van der Waals surface area contributed by atoms with E-state index in [0.29, 0.717) is 19.5 Å². The Bertz CT molecular complexity index is 602. The average Bonchev–Trinajstić information content (AvgIpc) is 3.13. The van der Waals surface area contributed by atoms with Crippen molar-refractivity contribution in [2.75, 3.05) is 0 Å². The van der Waals surface area contributed by atoms with E-state index in [1.807, 2.05) is 10.8 Å².